The first kappa shape index (κ1) is 17.0. The van der Waals surface area contributed by atoms with Crippen molar-refractivity contribution in [3.63, 3.8) is 0 Å². The predicted molar refractivity (Wildman–Crippen MR) is 67.7 cm³/mol. The number of halogens is 3. The van der Waals surface area contributed by atoms with Gasteiger partial charge in [-0.05, 0) is 24.6 Å². The maximum absolute atomic E-state index is 12.1. The van der Waals surface area contributed by atoms with E-state index in [1.807, 2.05) is 0 Å². The third kappa shape index (κ3) is 7.34. The molecule has 7 heteroatoms. The summed E-state index contributed by atoms with van der Waals surface area (Å²) in [5, 5.41) is 0. The molecule has 0 aliphatic rings. The lowest BCUT2D eigenvalue weighted by molar-refractivity contribution is -0.274. The zero-order valence-corrected chi connectivity index (χ0v) is 11.4. The molecule has 0 saturated carbocycles. The molecule has 21 heavy (non-hydrogen) atoms. The van der Waals surface area contributed by atoms with Crippen LogP contribution in [0.15, 0.2) is 24.3 Å². The molecule has 1 aromatic rings. The van der Waals surface area contributed by atoms with Crippen LogP contribution in [0.4, 0.5) is 13.2 Å². The second-order valence-corrected chi connectivity index (χ2v) is 4.22. The van der Waals surface area contributed by atoms with Gasteiger partial charge in [-0.1, -0.05) is 12.1 Å². The monoisotopic (exact) mass is 304 g/mol. The van der Waals surface area contributed by atoms with Gasteiger partial charge in [-0.25, -0.2) is 0 Å². The van der Waals surface area contributed by atoms with Crippen molar-refractivity contribution in [3.8, 4) is 5.75 Å². The number of ketones is 1. The number of benzene rings is 1. The Labute approximate surface area is 119 Å². The molecular formula is C14H15F3O4. The Morgan fingerprint density at radius 3 is 2.52 bits per heavy atom. The lowest BCUT2D eigenvalue weighted by atomic mass is 10.1. The Hall–Kier alpha value is -2.05. The number of carbonyl (C=O) groups excluding carboxylic acids is 2. The summed E-state index contributed by atoms with van der Waals surface area (Å²) in [5.41, 5.74) is 0.394. The van der Waals surface area contributed by atoms with E-state index < -0.39 is 12.3 Å². The van der Waals surface area contributed by atoms with Gasteiger partial charge >= 0.3 is 12.3 Å². The number of Topliss-reactive ketones (excluding diaryl/α,β-unsaturated/α-hetero) is 1. The van der Waals surface area contributed by atoms with E-state index in [9.17, 15) is 22.8 Å². The molecule has 0 unspecified atom stereocenters. The first-order chi connectivity index (χ1) is 9.80. The average Bonchev–Trinajstić information content (AvgIpc) is 2.35. The fraction of sp³-hybridized carbons (Fsp3) is 0.429. The number of alkyl halides is 3. The highest BCUT2D eigenvalue weighted by molar-refractivity contribution is 5.84. The maximum Gasteiger partial charge on any atom is 0.573 e. The molecule has 0 N–H and O–H groups in total. The van der Waals surface area contributed by atoms with Crippen LogP contribution in [0.25, 0.3) is 0 Å². The fourth-order valence-electron chi connectivity index (χ4n) is 1.64. The number of esters is 1. The smallest absolute Gasteiger partial charge is 0.466 e. The van der Waals surface area contributed by atoms with Gasteiger partial charge in [0.2, 0.25) is 0 Å². The van der Waals surface area contributed by atoms with Gasteiger partial charge in [0.1, 0.15) is 11.5 Å². The van der Waals surface area contributed by atoms with E-state index in [1.165, 1.54) is 12.1 Å². The van der Waals surface area contributed by atoms with Crippen molar-refractivity contribution in [1.29, 1.82) is 0 Å². The number of ether oxygens (including phenoxy) is 2. The zero-order valence-electron chi connectivity index (χ0n) is 11.4. The maximum atomic E-state index is 12.1. The molecule has 0 atom stereocenters. The van der Waals surface area contributed by atoms with Gasteiger partial charge in [-0.3, -0.25) is 9.59 Å². The number of rotatable bonds is 7. The van der Waals surface area contributed by atoms with Crippen LogP contribution in [0.2, 0.25) is 0 Å². The standard InChI is InChI=1S/C14H15F3O4/c1-2-20-13(19)7-6-11(18)8-10-4-3-5-12(9-10)21-14(15,16)17/h3-5,9H,2,6-8H2,1H3. The lowest BCUT2D eigenvalue weighted by Gasteiger charge is -2.09. The minimum absolute atomic E-state index is 0.0107. The molecule has 0 fully saturated rings. The third-order valence-electron chi connectivity index (χ3n) is 2.45. The Kier molecular flexibility index (Phi) is 6.20. The van der Waals surface area contributed by atoms with Crippen molar-refractivity contribution in [1.82, 2.24) is 0 Å². The Morgan fingerprint density at radius 2 is 1.90 bits per heavy atom. The van der Waals surface area contributed by atoms with Crippen molar-refractivity contribution in [2.75, 3.05) is 6.61 Å². The molecular weight excluding hydrogens is 289 g/mol. The van der Waals surface area contributed by atoms with Crippen molar-refractivity contribution in [2.24, 2.45) is 0 Å². The summed E-state index contributed by atoms with van der Waals surface area (Å²) in [5.74, 6) is -1.11. The van der Waals surface area contributed by atoms with Crippen LogP contribution in [-0.4, -0.2) is 24.7 Å². The molecule has 0 saturated heterocycles. The zero-order chi connectivity index (χ0) is 15.9. The Balaban J connectivity index is 2.52. The van der Waals surface area contributed by atoms with Gasteiger partial charge in [0.25, 0.3) is 0 Å². The molecule has 0 radical (unpaired) electrons. The second kappa shape index (κ2) is 7.66. The molecule has 4 nitrogen and oxygen atoms in total. The summed E-state index contributed by atoms with van der Waals surface area (Å²) in [4.78, 5) is 22.7. The van der Waals surface area contributed by atoms with Gasteiger partial charge in [0.05, 0.1) is 13.0 Å². The normalized spacial score (nSPS) is 11.0. The van der Waals surface area contributed by atoms with E-state index in [0.717, 1.165) is 12.1 Å². The highest BCUT2D eigenvalue weighted by atomic mass is 19.4. The molecule has 0 aromatic heterocycles. The van der Waals surface area contributed by atoms with E-state index in [-0.39, 0.29) is 37.4 Å². The van der Waals surface area contributed by atoms with Crippen molar-refractivity contribution < 1.29 is 32.2 Å². The first-order valence-electron chi connectivity index (χ1n) is 6.32. The van der Waals surface area contributed by atoms with Gasteiger partial charge in [-0.15, -0.1) is 13.2 Å². The quantitative estimate of drug-likeness (QED) is 0.727. The van der Waals surface area contributed by atoms with Crippen molar-refractivity contribution in [2.45, 2.75) is 32.5 Å². The topological polar surface area (TPSA) is 52.6 Å². The van der Waals surface area contributed by atoms with E-state index in [4.69, 9.17) is 0 Å². The predicted octanol–water partition coefficient (Wildman–Crippen LogP) is 3.04. The van der Waals surface area contributed by atoms with Gasteiger partial charge in [0, 0.05) is 12.8 Å². The highest BCUT2D eigenvalue weighted by Crippen LogP contribution is 2.23. The van der Waals surface area contributed by atoms with Crippen LogP contribution in [0.5, 0.6) is 5.75 Å². The fourth-order valence-corrected chi connectivity index (χ4v) is 1.64. The van der Waals surface area contributed by atoms with E-state index >= 15 is 0 Å². The summed E-state index contributed by atoms with van der Waals surface area (Å²) in [6, 6.07) is 5.19. The molecule has 0 heterocycles. The van der Waals surface area contributed by atoms with Crippen LogP contribution in [0.1, 0.15) is 25.3 Å². The van der Waals surface area contributed by atoms with Crippen LogP contribution >= 0.6 is 0 Å². The van der Waals surface area contributed by atoms with E-state index in [2.05, 4.69) is 9.47 Å². The largest absolute Gasteiger partial charge is 0.573 e. The van der Waals surface area contributed by atoms with Crippen LogP contribution in [0.3, 0.4) is 0 Å². The molecule has 0 amide bonds. The van der Waals surface area contributed by atoms with Gasteiger partial charge in [-0.2, -0.15) is 0 Å². The molecule has 0 aliphatic heterocycles. The first-order valence-corrected chi connectivity index (χ1v) is 6.32. The summed E-state index contributed by atoms with van der Waals surface area (Å²) in [6.07, 6.45) is -4.88. The second-order valence-electron chi connectivity index (χ2n) is 4.22. The SMILES string of the molecule is CCOC(=O)CCC(=O)Cc1cccc(OC(F)(F)F)c1. The number of hydrogen-bond donors (Lipinski definition) is 0. The summed E-state index contributed by atoms with van der Waals surface area (Å²) < 4.78 is 44.7. The summed E-state index contributed by atoms with van der Waals surface area (Å²) in [6.45, 7) is 1.90. The number of carbonyl (C=O) groups is 2. The van der Waals surface area contributed by atoms with E-state index in [0.29, 0.717) is 5.56 Å². The Morgan fingerprint density at radius 1 is 1.19 bits per heavy atom. The van der Waals surface area contributed by atoms with Crippen LogP contribution in [-0.2, 0) is 20.7 Å². The molecule has 0 bridgehead atoms. The third-order valence-corrected chi connectivity index (χ3v) is 2.45. The summed E-state index contributed by atoms with van der Waals surface area (Å²) in [7, 11) is 0. The van der Waals surface area contributed by atoms with Gasteiger partial charge < -0.3 is 9.47 Å². The van der Waals surface area contributed by atoms with E-state index in [1.54, 1.807) is 6.92 Å². The van der Waals surface area contributed by atoms with Gasteiger partial charge in [0.15, 0.2) is 0 Å². The highest BCUT2D eigenvalue weighted by Gasteiger charge is 2.31. The van der Waals surface area contributed by atoms with Crippen LogP contribution < -0.4 is 4.74 Å². The Bertz CT molecular complexity index is 497. The van der Waals surface area contributed by atoms with Crippen molar-refractivity contribution >= 4 is 11.8 Å². The molecule has 116 valence electrons. The van der Waals surface area contributed by atoms with Crippen LogP contribution in [0, 0.1) is 0 Å². The molecule has 0 spiro atoms. The molecule has 0 aliphatic carbocycles. The minimum Gasteiger partial charge on any atom is -0.466 e. The molecule has 1 aromatic carbocycles. The lowest BCUT2D eigenvalue weighted by Crippen LogP contribution is -2.17. The number of hydrogen-bond acceptors (Lipinski definition) is 4. The minimum atomic E-state index is -4.77. The van der Waals surface area contributed by atoms with Crippen molar-refractivity contribution in [3.05, 3.63) is 29.8 Å². The average molecular weight is 304 g/mol. The summed E-state index contributed by atoms with van der Waals surface area (Å²) >= 11 is 0. The molecule has 1 rings (SSSR count).